The Morgan fingerprint density at radius 2 is 1.23 bits per heavy atom. The van der Waals surface area contributed by atoms with Gasteiger partial charge in [0.2, 0.25) is 23.6 Å². The standard InChI is InChI=1S/C25H40N6O7S/c1-8-11(4)17-25-27-15(9-39-25)21(35)26-12(5)20(34)30-18(13(6)32)23(37)28-16(10(2)3)22(36)31-19(14(7)33)24(38)29-17/h9-14,16-19,32-33H,8H2,1-7H3,(H,26,35)(H,28,37)(H,29,38)(H,30,34)(H,31,36)/t11-,12-,13+,14+,16-,17-,18-,19?/m0/s1. The number of carbonyl (C=O) groups excluding carboxylic acids is 5. The third-order valence-corrected chi connectivity index (χ3v) is 7.57. The monoisotopic (exact) mass is 568 g/mol. The highest BCUT2D eigenvalue weighted by Crippen LogP contribution is 2.27. The summed E-state index contributed by atoms with van der Waals surface area (Å²) in [6.45, 7) is 11.2. The van der Waals surface area contributed by atoms with E-state index < -0.39 is 77.9 Å². The molecule has 8 atom stereocenters. The maximum atomic E-state index is 13.3. The van der Waals surface area contributed by atoms with Crippen molar-refractivity contribution in [1.82, 2.24) is 31.6 Å². The molecule has 39 heavy (non-hydrogen) atoms. The van der Waals surface area contributed by atoms with Crippen molar-refractivity contribution in [3.63, 3.8) is 0 Å². The van der Waals surface area contributed by atoms with E-state index >= 15 is 0 Å². The van der Waals surface area contributed by atoms with Crippen LogP contribution in [0.15, 0.2) is 5.38 Å². The number of aliphatic hydroxyl groups excluding tert-OH is 2. The summed E-state index contributed by atoms with van der Waals surface area (Å²) in [6.07, 6.45) is -1.97. The maximum Gasteiger partial charge on any atom is 0.271 e. The molecule has 1 aromatic heterocycles. The molecule has 0 aliphatic carbocycles. The van der Waals surface area contributed by atoms with E-state index in [1.54, 1.807) is 13.8 Å². The third kappa shape index (κ3) is 8.19. The number of hydrogen-bond donors (Lipinski definition) is 7. The topological polar surface area (TPSA) is 199 Å². The van der Waals surface area contributed by atoms with Crippen LogP contribution in [0.2, 0.25) is 0 Å². The normalized spacial score (nSPS) is 28.2. The number of rotatable bonds is 5. The Morgan fingerprint density at radius 3 is 1.72 bits per heavy atom. The van der Waals surface area contributed by atoms with Gasteiger partial charge in [-0.25, -0.2) is 4.98 Å². The van der Waals surface area contributed by atoms with Crippen molar-refractivity contribution < 1.29 is 34.2 Å². The Labute approximate surface area is 231 Å². The van der Waals surface area contributed by atoms with Crippen molar-refractivity contribution in [1.29, 1.82) is 0 Å². The zero-order chi connectivity index (χ0) is 29.6. The molecule has 13 nitrogen and oxygen atoms in total. The fourth-order valence-corrected chi connectivity index (χ4v) is 4.89. The van der Waals surface area contributed by atoms with Crippen LogP contribution < -0.4 is 26.6 Å². The molecule has 14 heteroatoms. The van der Waals surface area contributed by atoms with Crippen LogP contribution >= 0.6 is 11.3 Å². The zero-order valence-corrected chi connectivity index (χ0v) is 24.1. The van der Waals surface area contributed by atoms with Gasteiger partial charge in [-0.15, -0.1) is 11.3 Å². The molecule has 0 saturated heterocycles. The predicted molar refractivity (Wildman–Crippen MR) is 143 cm³/mol. The van der Waals surface area contributed by atoms with E-state index in [1.807, 2.05) is 13.8 Å². The van der Waals surface area contributed by atoms with Crippen LogP contribution in [0.5, 0.6) is 0 Å². The van der Waals surface area contributed by atoms with Gasteiger partial charge in [0.15, 0.2) is 0 Å². The lowest BCUT2D eigenvalue weighted by Crippen LogP contribution is -2.62. The summed E-state index contributed by atoms with van der Waals surface area (Å²) in [5, 5.41) is 35.3. The lowest BCUT2D eigenvalue weighted by Gasteiger charge is -2.30. The molecular formula is C25H40N6O7S. The Bertz CT molecular complexity index is 1060. The van der Waals surface area contributed by atoms with Gasteiger partial charge in [-0.1, -0.05) is 34.1 Å². The first-order valence-corrected chi connectivity index (χ1v) is 13.9. The fourth-order valence-electron chi connectivity index (χ4n) is 3.91. The van der Waals surface area contributed by atoms with Gasteiger partial charge in [0, 0.05) is 5.38 Å². The van der Waals surface area contributed by atoms with E-state index in [1.165, 1.54) is 26.2 Å². The summed E-state index contributed by atoms with van der Waals surface area (Å²) in [4.78, 5) is 69.6. The molecule has 0 fully saturated rings. The summed E-state index contributed by atoms with van der Waals surface area (Å²) < 4.78 is 0. The van der Waals surface area contributed by atoms with Crippen LogP contribution in [0, 0.1) is 11.8 Å². The van der Waals surface area contributed by atoms with Crippen molar-refractivity contribution in [2.75, 3.05) is 0 Å². The lowest BCUT2D eigenvalue weighted by atomic mass is 9.98. The number of aliphatic hydroxyl groups is 2. The molecule has 0 spiro atoms. The Morgan fingerprint density at radius 1 is 0.769 bits per heavy atom. The summed E-state index contributed by atoms with van der Waals surface area (Å²) >= 11 is 1.15. The minimum absolute atomic E-state index is 0.0308. The number of amides is 5. The molecule has 0 saturated carbocycles. The number of thiazole rings is 1. The number of aromatic nitrogens is 1. The summed E-state index contributed by atoms with van der Waals surface area (Å²) in [7, 11) is 0. The molecule has 1 unspecified atom stereocenters. The van der Waals surface area contributed by atoms with Crippen LogP contribution in [0.3, 0.4) is 0 Å². The van der Waals surface area contributed by atoms with E-state index in [-0.39, 0.29) is 11.6 Å². The van der Waals surface area contributed by atoms with E-state index in [9.17, 15) is 34.2 Å². The Hall–Kier alpha value is -3.10. The quantitative estimate of drug-likeness (QED) is 0.243. The highest BCUT2D eigenvalue weighted by molar-refractivity contribution is 7.09. The molecule has 7 N–H and O–H groups in total. The minimum Gasteiger partial charge on any atom is -0.391 e. The minimum atomic E-state index is -1.44. The molecule has 5 amide bonds. The smallest absolute Gasteiger partial charge is 0.271 e. The second-order valence-electron chi connectivity index (χ2n) is 10.3. The van der Waals surface area contributed by atoms with Crippen molar-refractivity contribution in [3.8, 4) is 0 Å². The van der Waals surface area contributed by atoms with Gasteiger partial charge in [-0.2, -0.15) is 0 Å². The first-order chi connectivity index (χ1) is 18.2. The summed E-state index contributed by atoms with van der Waals surface area (Å²) in [5.41, 5.74) is 0.0308. The van der Waals surface area contributed by atoms with Crippen LogP contribution in [0.25, 0.3) is 0 Å². The van der Waals surface area contributed by atoms with E-state index in [0.29, 0.717) is 11.4 Å². The van der Waals surface area contributed by atoms with E-state index in [2.05, 4.69) is 31.6 Å². The fraction of sp³-hybridized carbons (Fsp3) is 0.680. The summed E-state index contributed by atoms with van der Waals surface area (Å²) in [6, 6.07) is -5.68. The number of fused-ring (bicyclic) bond motifs is 2. The number of nitrogens with one attached hydrogen (secondary N) is 5. The van der Waals surface area contributed by atoms with Crippen LogP contribution in [0.4, 0.5) is 0 Å². The van der Waals surface area contributed by atoms with E-state index in [4.69, 9.17) is 0 Å². The van der Waals surface area contributed by atoms with Crippen LogP contribution in [0.1, 0.15) is 76.4 Å². The van der Waals surface area contributed by atoms with Crippen molar-refractivity contribution in [3.05, 3.63) is 16.1 Å². The average molecular weight is 569 g/mol. The molecule has 1 aliphatic rings. The highest BCUT2D eigenvalue weighted by Gasteiger charge is 2.36. The third-order valence-electron chi connectivity index (χ3n) is 6.64. The summed E-state index contributed by atoms with van der Waals surface area (Å²) in [5.74, 6) is -4.17. The molecule has 0 aromatic carbocycles. The molecule has 0 radical (unpaired) electrons. The van der Waals surface area contributed by atoms with Gasteiger partial charge < -0.3 is 36.8 Å². The van der Waals surface area contributed by atoms with Crippen LogP contribution in [-0.4, -0.2) is 81.1 Å². The zero-order valence-electron chi connectivity index (χ0n) is 23.3. The molecule has 1 aromatic rings. The first kappa shape index (κ1) is 32.1. The maximum absolute atomic E-state index is 13.3. The van der Waals surface area contributed by atoms with Gasteiger partial charge >= 0.3 is 0 Å². The van der Waals surface area contributed by atoms with E-state index in [0.717, 1.165) is 11.3 Å². The van der Waals surface area contributed by atoms with Crippen molar-refractivity contribution >= 4 is 40.9 Å². The average Bonchev–Trinajstić information content (AvgIpc) is 3.35. The molecule has 218 valence electrons. The molecule has 2 bridgehead atoms. The number of hydrogen-bond acceptors (Lipinski definition) is 9. The van der Waals surface area contributed by atoms with Gasteiger partial charge in [-0.3, -0.25) is 24.0 Å². The Kier molecular flexibility index (Phi) is 11.4. The molecule has 2 heterocycles. The number of nitrogens with zero attached hydrogens (tertiary/aromatic N) is 1. The predicted octanol–water partition coefficient (Wildman–Crippen LogP) is -0.650. The second-order valence-corrected chi connectivity index (χ2v) is 11.2. The first-order valence-electron chi connectivity index (χ1n) is 13.0. The van der Waals surface area contributed by atoms with Crippen molar-refractivity contribution in [2.24, 2.45) is 11.8 Å². The lowest BCUT2D eigenvalue weighted by molar-refractivity contribution is -0.137. The molecule has 1 aliphatic heterocycles. The second kappa shape index (κ2) is 13.8. The van der Waals surface area contributed by atoms with Gasteiger partial charge in [-0.05, 0) is 32.6 Å². The van der Waals surface area contributed by atoms with Crippen LogP contribution in [-0.2, 0) is 19.2 Å². The van der Waals surface area contributed by atoms with Gasteiger partial charge in [0.25, 0.3) is 5.91 Å². The highest BCUT2D eigenvalue weighted by atomic mass is 32.1. The SMILES string of the molecule is CC[C@H](C)[C@@H]1NC(=O)C([C@@H](C)O)NC(=O)[C@H](C(C)C)NC(=O)[C@H]([C@@H](C)O)NC(=O)[C@H](C)NC(=O)c2csc1n2. The molecule has 2 rings (SSSR count). The van der Waals surface area contributed by atoms with Gasteiger partial charge in [0.05, 0.1) is 18.2 Å². The largest absolute Gasteiger partial charge is 0.391 e. The number of carbonyl (C=O) groups is 5. The molecular weight excluding hydrogens is 528 g/mol. The van der Waals surface area contributed by atoms with Crippen molar-refractivity contribution in [2.45, 2.75) is 97.3 Å². The Balaban J connectivity index is 2.56. The van der Waals surface area contributed by atoms with Gasteiger partial charge in [0.1, 0.15) is 34.9 Å².